The van der Waals surface area contributed by atoms with Crippen molar-refractivity contribution in [1.29, 1.82) is 0 Å². The van der Waals surface area contributed by atoms with Gasteiger partial charge in [-0.2, -0.15) is 0 Å². The maximum Gasteiger partial charge on any atom is 0.237 e. The van der Waals surface area contributed by atoms with Crippen LogP contribution in [-0.2, 0) is 24.2 Å². The van der Waals surface area contributed by atoms with E-state index in [9.17, 15) is 4.79 Å². The van der Waals surface area contributed by atoms with Gasteiger partial charge in [0.15, 0.2) is 0 Å². The number of piperidine rings is 1. The van der Waals surface area contributed by atoms with E-state index < -0.39 is 0 Å². The molecular formula is C14H20N2OS. The lowest BCUT2D eigenvalue weighted by molar-refractivity contribution is -0.123. The summed E-state index contributed by atoms with van der Waals surface area (Å²) in [5, 5.41) is 6.35. The fraction of sp³-hybridized carbons (Fsp3) is 0.643. The summed E-state index contributed by atoms with van der Waals surface area (Å²) in [4.78, 5) is 14.8. The second-order valence-corrected chi connectivity index (χ2v) is 6.46. The first kappa shape index (κ1) is 12.2. The van der Waals surface area contributed by atoms with Gasteiger partial charge in [0.1, 0.15) is 0 Å². The van der Waals surface area contributed by atoms with Gasteiger partial charge in [-0.05, 0) is 50.3 Å². The van der Waals surface area contributed by atoms with Crippen molar-refractivity contribution in [2.75, 3.05) is 6.54 Å². The lowest BCUT2D eigenvalue weighted by atomic mass is 10.0. The highest BCUT2D eigenvalue weighted by atomic mass is 32.1. The van der Waals surface area contributed by atoms with E-state index in [1.807, 2.05) is 11.3 Å². The summed E-state index contributed by atoms with van der Waals surface area (Å²) in [5.41, 5.74) is 1.51. The van der Waals surface area contributed by atoms with Crippen LogP contribution in [0.4, 0.5) is 0 Å². The number of thiophene rings is 1. The predicted molar refractivity (Wildman–Crippen MR) is 73.8 cm³/mol. The van der Waals surface area contributed by atoms with E-state index in [-0.39, 0.29) is 11.9 Å². The van der Waals surface area contributed by atoms with Crippen LogP contribution in [0.15, 0.2) is 6.07 Å². The molecule has 0 aromatic carbocycles. The molecule has 2 heterocycles. The number of fused-ring (bicyclic) bond motifs is 1. The number of amides is 1. The first-order chi connectivity index (χ1) is 8.83. The van der Waals surface area contributed by atoms with Crippen LogP contribution in [0.5, 0.6) is 0 Å². The number of aryl methyl sites for hydroxylation is 2. The molecule has 0 radical (unpaired) electrons. The molecule has 4 heteroatoms. The van der Waals surface area contributed by atoms with Gasteiger partial charge in [0, 0.05) is 9.75 Å². The van der Waals surface area contributed by atoms with E-state index in [2.05, 4.69) is 16.7 Å². The minimum absolute atomic E-state index is 0.0329. The number of rotatable bonds is 3. The Bertz CT molecular complexity index is 414. The molecule has 1 saturated heterocycles. The molecule has 18 heavy (non-hydrogen) atoms. The van der Waals surface area contributed by atoms with Gasteiger partial charge in [0.05, 0.1) is 12.6 Å². The highest BCUT2D eigenvalue weighted by Crippen LogP contribution is 2.30. The maximum atomic E-state index is 12.0. The Morgan fingerprint density at radius 2 is 2.33 bits per heavy atom. The molecule has 0 saturated carbocycles. The fourth-order valence-electron chi connectivity index (χ4n) is 2.85. The summed E-state index contributed by atoms with van der Waals surface area (Å²) in [6, 6.07) is 2.31. The monoisotopic (exact) mass is 264 g/mol. The van der Waals surface area contributed by atoms with Crippen LogP contribution in [0.2, 0.25) is 0 Å². The average Bonchev–Trinajstić information content (AvgIpc) is 2.97. The summed E-state index contributed by atoms with van der Waals surface area (Å²) < 4.78 is 0. The SMILES string of the molecule is O=C(NCc1cc2c(s1)CCC2)[C@H]1CCCCN1. The van der Waals surface area contributed by atoms with Gasteiger partial charge in [-0.25, -0.2) is 0 Å². The first-order valence-corrected chi connectivity index (χ1v) is 7.76. The summed E-state index contributed by atoms with van der Waals surface area (Å²) in [6.45, 7) is 1.68. The highest BCUT2D eigenvalue weighted by molar-refractivity contribution is 7.12. The van der Waals surface area contributed by atoms with Crippen molar-refractivity contribution in [1.82, 2.24) is 10.6 Å². The quantitative estimate of drug-likeness (QED) is 0.876. The summed E-state index contributed by atoms with van der Waals surface area (Å²) in [7, 11) is 0. The van der Waals surface area contributed by atoms with Crippen LogP contribution in [0.25, 0.3) is 0 Å². The lowest BCUT2D eigenvalue weighted by Gasteiger charge is -2.22. The van der Waals surface area contributed by atoms with Crippen LogP contribution in [0.3, 0.4) is 0 Å². The normalized spacial score (nSPS) is 22.8. The van der Waals surface area contributed by atoms with Crippen LogP contribution >= 0.6 is 11.3 Å². The molecular weight excluding hydrogens is 244 g/mol. The number of hydrogen-bond donors (Lipinski definition) is 2. The maximum absolute atomic E-state index is 12.0. The van der Waals surface area contributed by atoms with Crippen molar-refractivity contribution in [3.63, 3.8) is 0 Å². The lowest BCUT2D eigenvalue weighted by Crippen LogP contribution is -2.46. The highest BCUT2D eigenvalue weighted by Gasteiger charge is 2.20. The molecule has 1 aromatic heterocycles. The zero-order valence-electron chi connectivity index (χ0n) is 10.6. The van der Waals surface area contributed by atoms with Gasteiger partial charge >= 0.3 is 0 Å². The second kappa shape index (κ2) is 5.41. The number of nitrogens with one attached hydrogen (secondary N) is 2. The predicted octanol–water partition coefficient (Wildman–Crippen LogP) is 2.00. The van der Waals surface area contributed by atoms with Gasteiger partial charge < -0.3 is 10.6 Å². The van der Waals surface area contributed by atoms with E-state index in [0.29, 0.717) is 6.54 Å². The summed E-state index contributed by atoms with van der Waals surface area (Å²) >= 11 is 1.88. The van der Waals surface area contributed by atoms with Crippen molar-refractivity contribution >= 4 is 17.2 Å². The molecule has 0 bridgehead atoms. The standard InChI is InChI=1S/C14H20N2OS/c17-14(12-5-1-2-7-15-12)16-9-11-8-10-4-3-6-13(10)18-11/h8,12,15H,1-7,9H2,(H,16,17)/t12-/m1/s1. The fourth-order valence-corrected chi connectivity index (χ4v) is 4.05. The van der Waals surface area contributed by atoms with E-state index in [1.165, 1.54) is 47.4 Å². The van der Waals surface area contributed by atoms with Crippen LogP contribution < -0.4 is 10.6 Å². The molecule has 1 aromatic rings. The van der Waals surface area contributed by atoms with Gasteiger partial charge in [-0.1, -0.05) is 6.42 Å². The molecule has 98 valence electrons. The zero-order valence-corrected chi connectivity index (χ0v) is 11.4. The van der Waals surface area contributed by atoms with Crippen LogP contribution in [-0.4, -0.2) is 18.5 Å². The molecule has 1 aliphatic heterocycles. The molecule has 3 nitrogen and oxygen atoms in total. The Balaban J connectivity index is 1.52. The molecule has 0 unspecified atom stereocenters. The third-order valence-electron chi connectivity index (χ3n) is 3.86. The molecule has 1 fully saturated rings. The Kier molecular flexibility index (Phi) is 3.66. The third kappa shape index (κ3) is 2.59. The molecule has 2 aliphatic rings. The van der Waals surface area contributed by atoms with E-state index in [0.717, 1.165) is 13.0 Å². The first-order valence-electron chi connectivity index (χ1n) is 6.94. The van der Waals surface area contributed by atoms with Crippen LogP contribution in [0, 0.1) is 0 Å². The van der Waals surface area contributed by atoms with Crippen molar-refractivity contribution in [2.45, 2.75) is 51.1 Å². The molecule has 3 rings (SSSR count). The minimum atomic E-state index is 0.0329. The average molecular weight is 264 g/mol. The molecule has 1 aliphatic carbocycles. The molecule has 0 spiro atoms. The van der Waals surface area contributed by atoms with Crippen LogP contribution in [0.1, 0.15) is 41.0 Å². The van der Waals surface area contributed by atoms with Gasteiger partial charge in [0.2, 0.25) is 5.91 Å². The van der Waals surface area contributed by atoms with Crippen molar-refractivity contribution < 1.29 is 4.79 Å². The van der Waals surface area contributed by atoms with E-state index in [4.69, 9.17) is 0 Å². The Morgan fingerprint density at radius 3 is 3.11 bits per heavy atom. The largest absolute Gasteiger partial charge is 0.350 e. The zero-order chi connectivity index (χ0) is 12.4. The summed E-state index contributed by atoms with van der Waals surface area (Å²) in [6.07, 6.45) is 7.11. The van der Waals surface area contributed by atoms with Gasteiger partial charge in [0.25, 0.3) is 0 Å². The Labute approximate surface area is 112 Å². The van der Waals surface area contributed by atoms with Crippen molar-refractivity contribution in [3.8, 4) is 0 Å². The Morgan fingerprint density at radius 1 is 1.39 bits per heavy atom. The molecule has 1 amide bonds. The number of hydrogen-bond acceptors (Lipinski definition) is 3. The third-order valence-corrected chi connectivity index (χ3v) is 5.10. The smallest absolute Gasteiger partial charge is 0.237 e. The summed E-state index contributed by atoms with van der Waals surface area (Å²) in [5.74, 6) is 0.170. The number of carbonyl (C=O) groups excluding carboxylic acids is 1. The van der Waals surface area contributed by atoms with Gasteiger partial charge in [-0.15, -0.1) is 11.3 Å². The van der Waals surface area contributed by atoms with Crippen molar-refractivity contribution in [2.24, 2.45) is 0 Å². The topological polar surface area (TPSA) is 41.1 Å². The van der Waals surface area contributed by atoms with Crippen molar-refractivity contribution in [3.05, 3.63) is 21.4 Å². The molecule has 2 N–H and O–H groups in total. The second-order valence-electron chi connectivity index (χ2n) is 5.23. The molecule has 1 atom stereocenters. The van der Waals surface area contributed by atoms with E-state index >= 15 is 0 Å². The Hall–Kier alpha value is -0.870. The van der Waals surface area contributed by atoms with E-state index in [1.54, 1.807) is 0 Å². The minimum Gasteiger partial charge on any atom is -0.350 e. The number of carbonyl (C=O) groups is 1. The van der Waals surface area contributed by atoms with Gasteiger partial charge in [-0.3, -0.25) is 4.79 Å².